The molecule has 0 unspecified atom stereocenters. The molecule has 1 atom stereocenters. The van der Waals surface area contributed by atoms with Gasteiger partial charge in [-0.1, -0.05) is 30.3 Å². The molecule has 1 aliphatic heterocycles. The maximum atomic E-state index is 13.2. The average molecular weight is 358 g/mol. The van der Waals surface area contributed by atoms with Gasteiger partial charge in [0.1, 0.15) is 11.6 Å². The Labute approximate surface area is 150 Å². The van der Waals surface area contributed by atoms with Crippen LogP contribution in [0.25, 0.3) is 0 Å². The van der Waals surface area contributed by atoms with Gasteiger partial charge in [0.05, 0.1) is 5.92 Å². The van der Waals surface area contributed by atoms with Crippen molar-refractivity contribution in [3.8, 4) is 0 Å². The molecule has 2 aromatic carbocycles. The van der Waals surface area contributed by atoms with Crippen molar-refractivity contribution in [2.45, 2.75) is 19.4 Å². The van der Waals surface area contributed by atoms with Crippen molar-refractivity contribution in [1.82, 2.24) is 10.2 Å². The van der Waals surface area contributed by atoms with Crippen LogP contribution in [-0.2, 0) is 22.6 Å². The molecule has 0 spiro atoms. The molecule has 1 heterocycles. The number of benzene rings is 2. The molecule has 136 valence electrons. The molecule has 3 rings (SSSR count). The first-order valence-corrected chi connectivity index (χ1v) is 8.55. The highest BCUT2D eigenvalue weighted by atomic mass is 19.1. The molecule has 6 heteroatoms. The predicted molar refractivity (Wildman–Crippen MR) is 93.0 cm³/mol. The molecule has 4 nitrogen and oxygen atoms in total. The fourth-order valence-corrected chi connectivity index (χ4v) is 3.12. The van der Waals surface area contributed by atoms with Gasteiger partial charge in [0.2, 0.25) is 11.8 Å². The van der Waals surface area contributed by atoms with Gasteiger partial charge in [-0.25, -0.2) is 8.78 Å². The molecule has 0 bridgehead atoms. The van der Waals surface area contributed by atoms with Crippen molar-refractivity contribution < 1.29 is 18.4 Å². The third kappa shape index (κ3) is 4.65. The Kier molecular flexibility index (Phi) is 5.61. The van der Waals surface area contributed by atoms with E-state index in [1.165, 1.54) is 12.1 Å². The number of nitrogens with one attached hydrogen (secondary N) is 1. The van der Waals surface area contributed by atoms with Gasteiger partial charge in [-0.05, 0) is 29.7 Å². The lowest BCUT2D eigenvalue weighted by atomic mass is 10.1. The number of halogens is 2. The van der Waals surface area contributed by atoms with Gasteiger partial charge in [-0.15, -0.1) is 0 Å². The molecule has 1 saturated heterocycles. The van der Waals surface area contributed by atoms with Crippen LogP contribution in [0.4, 0.5) is 8.78 Å². The highest BCUT2D eigenvalue weighted by Gasteiger charge is 2.33. The van der Waals surface area contributed by atoms with Crippen molar-refractivity contribution >= 4 is 11.8 Å². The molecular formula is C20H20F2N2O2. The zero-order valence-corrected chi connectivity index (χ0v) is 14.3. The van der Waals surface area contributed by atoms with E-state index in [4.69, 9.17) is 0 Å². The quantitative estimate of drug-likeness (QED) is 0.863. The van der Waals surface area contributed by atoms with Gasteiger partial charge in [0.15, 0.2) is 0 Å². The van der Waals surface area contributed by atoms with Gasteiger partial charge < -0.3 is 10.2 Å². The van der Waals surface area contributed by atoms with Gasteiger partial charge >= 0.3 is 0 Å². The number of amides is 2. The topological polar surface area (TPSA) is 49.4 Å². The van der Waals surface area contributed by atoms with Crippen LogP contribution in [0.15, 0.2) is 48.5 Å². The number of carbonyl (C=O) groups excluding carboxylic acids is 2. The maximum absolute atomic E-state index is 13.2. The zero-order chi connectivity index (χ0) is 18.5. The highest BCUT2D eigenvalue weighted by molar-refractivity contribution is 5.89. The van der Waals surface area contributed by atoms with Gasteiger partial charge in [0, 0.05) is 32.1 Å². The molecule has 0 saturated carbocycles. The Bertz CT molecular complexity index is 775. The van der Waals surface area contributed by atoms with Gasteiger partial charge in [-0.2, -0.15) is 0 Å². The lowest BCUT2D eigenvalue weighted by Crippen LogP contribution is -2.33. The minimum atomic E-state index is -0.683. The molecule has 2 amide bonds. The first kappa shape index (κ1) is 18.0. The number of hydrogen-bond donors (Lipinski definition) is 1. The van der Waals surface area contributed by atoms with E-state index in [-0.39, 0.29) is 24.8 Å². The summed E-state index contributed by atoms with van der Waals surface area (Å²) in [5, 5.41) is 2.66. The maximum Gasteiger partial charge on any atom is 0.225 e. The summed E-state index contributed by atoms with van der Waals surface area (Å²) in [7, 11) is 0. The summed E-state index contributed by atoms with van der Waals surface area (Å²) in [6.45, 7) is 0.971. The summed E-state index contributed by atoms with van der Waals surface area (Å²) in [6, 6.07) is 13.0. The molecular weight excluding hydrogens is 338 g/mol. The summed E-state index contributed by atoms with van der Waals surface area (Å²) in [5.41, 5.74) is 1.49. The molecule has 0 aromatic heterocycles. The average Bonchev–Trinajstić information content (AvgIpc) is 2.99. The number of likely N-dealkylation sites (tertiary alicyclic amines) is 1. The molecule has 1 N–H and O–H groups in total. The third-order valence-corrected chi connectivity index (χ3v) is 4.49. The Morgan fingerprint density at radius 1 is 1.08 bits per heavy atom. The number of rotatable bonds is 6. The van der Waals surface area contributed by atoms with Crippen molar-refractivity contribution in [1.29, 1.82) is 0 Å². The summed E-state index contributed by atoms with van der Waals surface area (Å²) in [4.78, 5) is 26.1. The van der Waals surface area contributed by atoms with Crippen LogP contribution in [-0.4, -0.2) is 29.8 Å². The fourth-order valence-electron chi connectivity index (χ4n) is 3.12. The smallest absolute Gasteiger partial charge is 0.225 e. The lowest BCUT2D eigenvalue weighted by molar-refractivity contribution is -0.129. The predicted octanol–water partition coefficient (Wildman–Crippen LogP) is 2.67. The van der Waals surface area contributed by atoms with Crippen LogP contribution in [0.3, 0.4) is 0 Å². The summed E-state index contributed by atoms with van der Waals surface area (Å²) in [5.74, 6) is -2.12. The van der Waals surface area contributed by atoms with E-state index in [1.807, 2.05) is 30.3 Å². The van der Waals surface area contributed by atoms with E-state index in [1.54, 1.807) is 4.90 Å². The molecule has 26 heavy (non-hydrogen) atoms. The third-order valence-electron chi connectivity index (χ3n) is 4.49. The Morgan fingerprint density at radius 3 is 2.46 bits per heavy atom. The van der Waals surface area contributed by atoms with Crippen molar-refractivity contribution in [2.24, 2.45) is 5.92 Å². The standard InChI is InChI=1S/C20H20F2N2O2/c21-17-8-15(9-18(22)11-17)12-23-20(26)16-10-19(25)24(13-16)7-6-14-4-2-1-3-5-14/h1-5,8-9,11,16H,6-7,10,12-13H2,(H,23,26)/t16-/m0/s1. The number of carbonyl (C=O) groups is 2. The largest absolute Gasteiger partial charge is 0.352 e. The second-order valence-electron chi connectivity index (χ2n) is 6.47. The molecule has 1 fully saturated rings. The molecule has 0 radical (unpaired) electrons. The van der Waals surface area contributed by atoms with E-state index in [2.05, 4.69) is 5.32 Å². The first-order chi connectivity index (χ1) is 12.5. The lowest BCUT2D eigenvalue weighted by Gasteiger charge is -2.16. The summed E-state index contributed by atoms with van der Waals surface area (Å²) in [6.07, 6.45) is 0.904. The molecule has 2 aromatic rings. The van der Waals surface area contributed by atoms with Crippen molar-refractivity contribution in [2.75, 3.05) is 13.1 Å². The Hall–Kier alpha value is -2.76. The minimum Gasteiger partial charge on any atom is -0.352 e. The van der Waals surface area contributed by atoms with Gasteiger partial charge in [0.25, 0.3) is 0 Å². The fraction of sp³-hybridized carbons (Fsp3) is 0.300. The summed E-state index contributed by atoms with van der Waals surface area (Å²) < 4.78 is 26.4. The van der Waals surface area contributed by atoms with Crippen LogP contribution in [0, 0.1) is 17.6 Å². The second-order valence-corrected chi connectivity index (χ2v) is 6.47. The zero-order valence-electron chi connectivity index (χ0n) is 14.3. The minimum absolute atomic E-state index is 0.0300. The van der Waals surface area contributed by atoms with Crippen LogP contribution < -0.4 is 5.32 Å². The van der Waals surface area contributed by atoms with Crippen LogP contribution >= 0.6 is 0 Å². The molecule has 0 aliphatic carbocycles. The van der Waals surface area contributed by atoms with Crippen molar-refractivity contribution in [3.63, 3.8) is 0 Å². The normalized spacial score (nSPS) is 16.8. The number of hydrogen-bond acceptors (Lipinski definition) is 2. The van der Waals surface area contributed by atoms with E-state index in [0.29, 0.717) is 18.7 Å². The highest BCUT2D eigenvalue weighted by Crippen LogP contribution is 2.19. The van der Waals surface area contributed by atoms with Gasteiger partial charge in [-0.3, -0.25) is 9.59 Å². The van der Waals surface area contributed by atoms with Crippen LogP contribution in [0.5, 0.6) is 0 Å². The first-order valence-electron chi connectivity index (χ1n) is 8.55. The van der Waals surface area contributed by atoms with E-state index in [0.717, 1.165) is 18.1 Å². The SMILES string of the molecule is O=C(NCc1cc(F)cc(F)c1)[C@H]1CC(=O)N(CCc2ccccc2)C1. The monoisotopic (exact) mass is 358 g/mol. The second kappa shape index (κ2) is 8.08. The molecule has 1 aliphatic rings. The Balaban J connectivity index is 1.50. The van der Waals surface area contributed by atoms with E-state index >= 15 is 0 Å². The van der Waals surface area contributed by atoms with Crippen LogP contribution in [0.1, 0.15) is 17.5 Å². The number of nitrogens with zero attached hydrogens (tertiary/aromatic N) is 1. The van der Waals surface area contributed by atoms with E-state index < -0.39 is 17.6 Å². The Morgan fingerprint density at radius 2 is 1.77 bits per heavy atom. The van der Waals surface area contributed by atoms with E-state index in [9.17, 15) is 18.4 Å². The van der Waals surface area contributed by atoms with Crippen molar-refractivity contribution in [3.05, 3.63) is 71.3 Å². The van der Waals surface area contributed by atoms with Crippen LogP contribution in [0.2, 0.25) is 0 Å². The summed E-state index contributed by atoms with van der Waals surface area (Å²) >= 11 is 0.